The van der Waals surface area contributed by atoms with E-state index in [4.69, 9.17) is 6.42 Å². The number of thiophene rings is 1. The average molecular weight is 257 g/mol. The highest BCUT2D eigenvalue weighted by molar-refractivity contribution is 7.91. The molecule has 5 heteroatoms. The monoisotopic (exact) mass is 257 g/mol. The first kappa shape index (κ1) is 13.2. The Bertz CT molecular complexity index is 506. The minimum absolute atomic E-state index is 0.313. The molecule has 0 aliphatic rings. The Morgan fingerprint density at radius 1 is 1.50 bits per heavy atom. The lowest BCUT2D eigenvalue weighted by Crippen LogP contribution is -2.41. The van der Waals surface area contributed by atoms with E-state index in [0.717, 1.165) is 11.3 Å². The fraction of sp³-hybridized carbons (Fsp3) is 0.455. The molecule has 16 heavy (non-hydrogen) atoms. The Kier molecular flexibility index (Phi) is 3.79. The van der Waals surface area contributed by atoms with Crippen molar-refractivity contribution in [3.05, 3.63) is 17.0 Å². The van der Waals surface area contributed by atoms with Gasteiger partial charge in [0.25, 0.3) is 10.0 Å². The minimum Gasteiger partial charge on any atom is -0.206 e. The van der Waals surface area contributed by atoms with Crippen LogP contribution in [0.3, 0.4) is 0 Å². The van der Waals surface area contributed by atoms with Gasteiger partial charge in [0.05, 0.1) is 5.54 Å². The van der Waals surface area contributed by atoms with Gasteiger partial charge in [0.1, 0.15) is 4.21 Å². The molecule has 0 bridgehead atoms. The van der Waals surface area contributed by atoms with Crippen LogP contribution in [-0.2, 0) is 16.4 Å². The van der Waals surface area contributed by atoms with Crippen LogP contribution in [-0.4, -0.2) is 14.0 Å². The van der Waals surface area contributed by atoms with E-state index in [-0.39, 0.29) is 0 Å². The second kappa shape index (κ2) is 4.58. The summed E-state index contributed by atoms with van der Waals surface area (Å²) in [4.78, 5) is 1.04. The van der Waals surface area contributed by atoms with Gasteiger partial charge in [-0.15, -0.1) is 17.8 Å². The lowest BCUT2D eigenvalue weighted by Gasteiger charge is -2.18. The van der Waals surface area contributed by atoms with Crippen molar-refractivity contribution in [2.45, 2.75) is 36.9 Å². The summed E-state index contributed by atoms with van der Waals surface area (Å²) in [7, 11) is -3.49. The van der Waals surface area contributed by atoms with Crippen LogP contribution in [0.2, 0.25) is 0 Å². The van der Waals surface area contributed by atoms with Crippen LogP contribution >= 0.6 is 11.3 Å². The molecule has 0 aliphatic heterocycles. The molecular formula is C11H15NO2S2. The predicted molar refractivity (Wildman–Crippen MR) is 66.9 cm³/mol. The predicted octanol–water partition coefficient (Wildman–Crippen LogP) is 2.00. The van der Waals surface area contributed by atoms with Gasteiger partial charge in [-0.25, -0.2) is 8.42 Å². The zero-order valence-electron chi connectivity index (χ0n) is 9.57. The highest BCUT2D eigenvalue weighted by atomic mass is 32.2. The largest absolute Gasteiger partial charge is 0.251 e. The third-order valence-electron chi connectivity index (χ3n) is 2.00. The van der Waals surface area contributed by atoms with Crippen LogP contribution in [0.25, 0.3) is 0 Å². The smallest absolute Gasteiger partial charge is 0.206 e. The SMILES string of the molecule is C#CC(C)(C)NS(=O)(=O)c1ccc(CC)s1. The summed E-state index contributed by atoms with van der Waals surface area (Å²) in [5.41, 5.74) is -0.866. The summed E-state index contributed by atoms with van der Waals surface area (Å²) in [6.45, 7) is 5.29. The standard InChI is InChI=1S/C11H15NO2S2/c1-5-9-7-8-10(15-9)16(13,14)12-11(3,4)6-2/h2,7-8,12H,5H2,1,3-4H3. The molecule has 1 rings (SSSR count). The maximum absolute atomic E-state index is 11.9. The highest BCUT2D eigenvalue weighted by Crippen LogP contribution is 2.22. The Balaban J connectivity index is 3.00. The summed E-state index contributed by atoms with van der Waals surface area (Å²) in [6, 6.07) is 3.43. The maximum atomic E-state index is 11.9. The van der Waals surface area contributed by atoms with Crippen molar-refractivity contribution in [2.75, 3.05) is 0 Å². The summed E-state index contributed by atoms with van der Waals surface area (Å²) in [6.07, 6.45) is 6.08. The van der Waals surface area contributed by atoms with Crippen molar-refractivity contribution in [1.29, 1.82) is 0 Å². The Labute approximate surface area is 101 Å². The van der Waals surface area contributed by atoms with Crippen LogP contribution < -0.4 is 4.72 Å². The van der Waals surface area contributed by atoms with Gasteiger partial charge in [-0.1, -0.05) is 12.8 Å². The minimum atomic E-state index is -3.49. The molecule has 0 aromatic carbocycles. The van der Waals surface area contributed by atoms with Crippen LogP contribution in [0, 0.1) is 12.3 Å². The van der Waals surface area contributed by atoms with Crippen molar-refractivity contribution >= 4 is 21.4 Å². The highest BCUT2D eigenvalue weighted by Gasteiger charge is 2.25. The van der Waals surface area contributed by atoms with Gasteiger partial charge in [0.2, 0.25) is 0 Å². The van der Waals surface area contributed by atoms with E-state index in [9.17, 15) is 8.42 Å². The number of hydrogen-bond donors (Lipinski definition) is 1. The van der Waals surface area contributed by atoms with Crippen molar-refractivity contribution in [3.63, 3.8) is 0 Å². The number of terminal acetylenes is 1. The second-order valence-electron chi connectivity index (χ2n) is 3.95. The molecule has 0 radical (unpaired) electrons. The van der Waals surface area contributed by atoms with Crippen LogP contribution in [0.15, 0.2) is 16.3 Å². The number of rotatable bonds is 4. The molecule has 0 aliphatic carbocycles. The molecule has 0 saturated heterocycles. The second-order valence-corrected chi connectivity index (χ2v) is 7.03. The average Bonchev–Trinajstić information content (AvgIpc) is 2.65. The number of hydrogen-bond acceptors (Lipinski definition) is 3. The van der Waals surface area contributed by atoms with E-state index in [2.05, 4.69) is 10.6 Å². The first-order valence-electron chi connectivity index (χ1n) is 4.91. The zero-order valence-corrected chi connectivity index (χ0v) is 11.2. The van der Waals surface area contributed by atoms with E-state index in [1.165, 1.54) is 11.3 Å². The van der Waals surface area contributed by atoms with Crippen LogP contribution in [0.5, 0.6) is 0 Å². The van der Waals surface area contributed by atoms with Gasteiger partial charge in [-0.2, -0.15) is 4.72 Å². The molecular weight excluding hydrogens is 242 g/mol. The third-order valence-corrected chi connectivity index (χ3v) is 5.38. The number of sulfonamides is 1. The fourth-order valence-electron chi connectivity index (χ4n) is 1.11. The Hall–Kier alpha value is -0.830. The summed E-state index contributed by atoms with van der Waals surface area (Å²) < 4.78 is 26.7. The number of aryl methyl sites for hydroxylation is 1. The lowest BCUT2D eigenvalue weighted by atomic mass is 10.1. The lowest BCUT2D eigenvalue weighted by molar-refractivity contribution is 0.541. The quantitative estimate of drug-likeness (QED) is 0.839. The van der Waals surface area contributed by atoms with Crippen LogP contribution in [0.4, 0.5) is 0 Å². The Morgan fingerprint density at radius 2 is 2.12 bits per heavy atom. The fourth-order valence-corrected chi connectivity index (χ4v) is 3.75. The van der Waals surface area contributed by atoms with Gasteiger partial charge in [0.15, 0.2) is 0 Å². The molecule has 1 N–H and O–H groups in total. The molecule has 0 atom stereocenters. The van der Waals surface area contributed by atoms with Gasteiger partial charge in [0, 0.05) is 4.88 Å². The van der Waals surface area contributed by atoms with Crippen LogP contribution in [0.1, 0.15) is 25.6 Å². The molecule has 3 nitrogen and oxygen atoms in total. The van der Waals surface area contributed by atoms with E-state index in [0.29, 0.717) is 4.21 Å². The summed E-state index contributed by atoms with van der Waals surface area (Å²) in [5.74, 6) is 2.40. The van der Waals surface area contributed by atoms with Crippen molar-refractivity contribution in [2.24, 2.45) is 0 Å². The molecule has 1 heterocycles. The molecule has 0 spiro atoms. The molecule has 0 saturated carbocycles. The van der Waals surface area contributed by atoms with E-state index in [1.54, 1.807) is 19.9 Å². The van der Waals surface area contributed by atoms with Gasteiger partial charge in [-0.05, 0) is 32.4 Å². The Morgan fingerprint density at radius 3 is 2.56 bits per heavy atom. The molecule has 0 fully saturated rings. The zero-order chi connectivity index (χ0) is 12.4. The van der Waals surface area contributed by atoms with Crippen molar-refractivity contribution < 1.29 is 8.42 Å². The number of nitrogens with one attached hydrogen (secondary N) is 1. The maximum Gasteiger partial charge on any atom is 0.251 e. The van der Waals surface area contributed by atoms with Gasteiger partial charge < -0.3 is 0 Å². The van der Waals surface area contributed by atoms with Crippen molar-refractivity contribution in [3.8, 4) is 12.3 Å². The molecule has 88 valence electrons. The normalized spacial score (nSPS) is 12.4. The van der Waals surface area contributed by atoms with E-state index < -0.39 is 15.6 Å². The van der Waals surface area contributed by atoms with Crippen molar-refractivity contribution in [1.82, 2.24) is 4.72 Å². The molecule has 1 aromatic heterocycles. The summed E-state index contributed by atoms with van der Waals surface area (Å²) in [5, 5.41) is 0. The van der Waals surface area contributed by atoms with Gasteiger partial charge >= 0.3 is 0 Å². The molecule has 0 amide bonds. The van der Waals surface area contributed by atoms with E-state index in [1.807, 2.05) is 13.0 Å². The third kappa shape index (κ3) is 3.08. The first-order chi connectivity index (χ1) is 7.30. The topological polar surface area (TPSA) is 46.2 Å². The van der Waals surface area contributed by atoms with E-state index >= 15 is 0 Å². The summed E-state index contributed by atoms with van der Waals surface area (Å²) >= 11 is 1.27. The first-order valence-corrected chi connectivity index (χ1v) is 7.21. The molecule has 1 aromatic rings. The van der Waals surface area contributed by atoms with Gasteiger partial charge in [-0.3, -0.25) is 0 Å². The molecule has 0 unspecified atom stereocenters.